The van der Waals surface area contributed by atoms with Crippen LogP contribution >= 0.6 is 0 Å². The molecule has 2 fully saturated rings. The molecule has 5 aliphatic rings. The molecule has 0 saturated carbocycles. The van der Waals surface area contributed by atoms with Crippen LogP contribution in [-0.2, 0) is 14.3 Å². The molecule has 0 aromatic heterocycles. The molecule has 0 aromatic carbocycles. The normalized spacial score (nSPS) is 45.9. The Kier molecular flexibility index (Phi) is 6.00. The van der Waals surface area contributed by atoms with Gasteiger partial charge in [-0.15, -0.1) is 0 Å². The summed E-state index contributed by atoms with van der Waals surface area (Å²) in [6.45, 7) is 11.4. The molecule has 3 heterocycles. The van der Waals surface area contributed by atoms with E-state index in [1.54, 1.807) is 0 Å². The highest BCUT2D eigenvalue weighted by atomic mass is 16.6. The summed E-state index contributed by atoms with van der Waals surface area (Å²) in [6.07, 6.45) is 18.5. The van der Waals surface area contributed by atoms with E-state index in [-0.39, 0.29) is 24.1 Å². The summed E-state index contributed by atoms with van der Waals surface area (Å²) in [5, 5.41) is 0. The van der Waals surface area contributed by atoms with Gasteiger partial charge in [0.05, 0.1) is 11.7 Å². The van der Waals surface area contributed by atoms with Crippen molar-refractivity contribution in [3.05, 3.63) is 46.6 Å². The minimum atomic E-state index is -0.529. The zero-order valence-corrected chi connectivity index (χ0v) is 21.3. The molecule has 3 aliphatic heterocycles. The first-order valence-corrected chi connectivity index (χ1v) is 13.3. The van der Waals surface area contributed by atoms with Crippen LogP contribution in [0, 0.1) is 23.2 Å². The number of fused-ring (bicyclic) bond motifs is 2. The van der Waals surface area contributed by atoms with Crippen molar-refractivity contribution in [2.75, 3.05) is 0 Å². The maximum atomic E-state index is 13.9. The van der Waals surface area contributed by atoms with Crippen molar-refractivity contribution in [2.24, 2.45) is 23.2 Å². The van der Waals surface area contributed by atoms with Gasteiger partial charge in [-0.2, -0.15) is 0 Å². The number of hydrogen-bond acceptors (Lipinski definition) is 3. The molecule has 0 radical (unpaired) electrons. The quantitative estimate of drug-likeness (QED) is 0.312. The number of carbonyl (C=O) groups excluding carboxylic acids is 1. The zero-order chi connectivity index (χ0) is 23.4. The molecule has 0 N–H and O–H groups in total. The molecule has 0 amide bonds. The van der Waals surface area contributed by atoms with Gasteiger partial charge in [-0.05, 0) is 89.5 Å². The molecule has 33 heavy (non-hydrogen) atoms. The van der Waals surface area contributed by atoms with Crippen LogP contribution in [0.15, 0.2) is 46.6 Å². The smallest absolute Gasteiger partial charge is 0.315 e. The Hall–Kier alpha value is -1.61. The monoisotopic (exact) mass is 450 g/mol. The van der Waals surface area contributed by atoms with E-state index in [0.717, 1.165) is 57.8 Å². The molecule has 5 rings (SSSR count). The summed E-state index contributed by atoms with van der Waals surface area (Å²) in [6, 6.07) is 0. The lowest BCUT2D eigenvalue weighted by Crippen LogP contribution is -2.50. The fraction of sp³-hybridized carbons (Fsp3) is 0.700. The highest BCUT2D eigenvalue weighted by Gasteiger charge is 2.76. The summed E-state index contributed by atoms with van der Waals surface area (Å²) in [5.41, 5.74) is 4.73. The number of allylic oxidation sites excluding steroid dienone is 5. The molecule has 3 nitrogen and oxygen atoms in total. The van der Waals surface area contributed by atoms with Gasteiger partial charge in [0.2, 0.25) is 0 Å². The molecule has 1 spiro atoms. The van der Waals surface area contributed by atoms with Crippen LogP contribution in [0.4, 0.5) is 0 Å². The second-order valence-electron chi connectivity index (χ2n) is 12.0. The summed E-state index contributed by atoms with van der Waals surface area (Å²) in [7, 11) is 0. The maximum absolute atomic E-state index is 13.9. The molecule has 6 atom stereocenters. The highest BCUT2D eigenvalue weighted by Crippen LogP contribution is 2.67. The average molecular weight is 451 g/mol. The average Bonchev–Trinajstić information content (AvgIpc) is 3.33. The van der Waals surface area contributed by atoms with Crippen molar-refractivity contribution in [1.29, 1.82) is 0 Å². The van der Waals surface area contributed by atoms with Crippen molar-refractivity contribution in [2.45, 2.75) is 110 Å². The van der Waals surface area contributed by atoms with Crippen LogP contribution in [-0.4, -0.2) is 23.8 Å². The molecular weight excluding hydrogens is 408 g/mol. The van der Waals surface area contributed by atoms with Crippen LogP contribution in [0.1, 0.15) is 92.4 Å². The fourth-order valence-electron chi connectivity index (χ4n) is 7.72. The van der Waals surface area contributed by atoms with E-state index in [0.29, 0.717) is 11.8 Å². The van der Waals surface area contributed by atoms with Gasteiger partial charge in [-0.1, -0.05) is 54.9 Å². The van der Waals surface area contributed by atoms with Crippen molar-refractivity contribution in [3.8, 4) is 0 Å². The standard InChI is InChI=1S/C30H42O3/c1-19(2)24-15-14-21(4)12-8-16-30-26(25(24)32-28(30)31)29-17-22(5)11-6-9-20(3)10-7-13-23(18-29)27(30)33-29/h10-12,18-19,24-27H,6-9,13-17H2,1-5H3/b20-10+,21-12-,22-11+/t24-,25-,26+,27+,29-,30+/m1/s1. The van der Waals surface area contributed by atoms with E-state index in [2.05, 4.69) is 58.9 Å². The molecule has 0 aromatic rings. The maximum Gasteiger partial charge on any atom is 0.315 e. The predicted octanol–water partition coefficient (Wildman–Crippen LogP) is 7.24. The molecule has 3 heteroatoms. The summed E-state index contributed by atoms with van der Waals surface area (Å²) < 4.78 is 13.5. The number of hydrogen-bond donors (Lipinski definition) is 0. The van der Waals surface area contributed by atoms with Crippen molar-refractivity contribution in [3.63, 3.8) is 0 Å². The van der Waals surface area contributed by atoms with E-state index in [1.807, 2.05) is 0 Å². The van der Waals surface area contributed by atoms with Crippen LogP contribution in [0.25, 0.3) is 0 Å². The number of ether oxygens (including phenoxy) is 2. The van der Waals surface area contributed by atoms with Gasteiger partial charge < -0.3 is 9.47 Å². The number of esters is 1. The van der Waals surface area contributed by atoms with E-state index in [1.165, 1.54) is 22.3 Å². The molecule has 2 saturated heterocycles. The Labute approximate surface area is 200 Å². The van der Waals surface area contributed by atoms with Crippen LogP contribution in [0.2, 0.25) is 0 Å². The number of rotatable bonds is 1. The van der Waals surface area contributed by atoms with E-state index in [9.17, 15) is 4.79 Å². The van der Waals surface area contributed by atoms with E-state index >= 15 is 0 Å². The van der Waals surface area contributed by atoms with Gasteiger partial charge in [0.1, 0.15) is 11.5 Å². The second-order valence-corrected chi connectivity index (χ2v) is 12.0. The van der Waals surface area contributed by atoms with Crippen LogP contribution in [0.3, 0.4) is 0 Å². The lowest BCUT2D eigenvalue weighted by molar-refractivity contribution is -0.156. The molecule has 5 bridgehead atoms. The van der Waals surface area contributed by atoms with E-state index < -0.39 is 11.0 Å². The molecule has 180 valence electrons. The Bertz CT molecular complexity index is 934. The predicted molar refractivity (Wildman–Crippen MR) is 133 cm³/mol. The van der Waals surface area contributed by atoms with Gasteiger partial charge in [-0.25, -0.2) is 0 Å². The Morgan fingerprint density at radius 2 is 1.64 bits per heavy atom. The van der Waals surface area contributed by atoms with Crippen molar-refractivity contribution >= 4 is 5.97 Å². The lowest BCUT2D eigenvalue weighted by atomic mass is 9.56. The van der Waals surface area contributed by atoms with Gasteiger partial charge in [0, 0.05) is 12.3 Å². The van der Waals surface area contributed by atoms with Gasteiger partial charge >= 0.3 is 5.97 Å². The third kappa shape index (κ3) is 3.70. The van der Waals surface area contributed by atoms with Crippen molar-refractivity contribution < 1.29 is 14.3 Å². The van der Waals surface area contributed by atoms with E-state index in [4.69, 9.17) is 9.47 Å². The largest absolute Gasteiger partial charge is 0.461 e. The first kappa shape index (κ1) is 23.1. The first-order valence-electron chi connectivity index (χ1n) is 13.3. The zero-order valence-electron chi connectivity index (χ0n) is 21.3. The Balaban J connectivity index is 1.64. The van der Waals surface area contributed by atoms with Crippen LogP contribution < -0.4 is 0 Å². The molecule has 2 aliphatic carbocycles. The topological polar surface area (TPSA) is 35.5 Å². The van der Waals surface area contributed by atoms with Gasteiger partial charge in [0.15, 0.2) is 0 Å². The summed E-state index contributed by atoms with van der Waals surface area (Å²) in [4.78, 5) is 13.9. The van der Waals surface area contributed by atoms with Crippen LogP contribution in [0.5, 0.6) is 0 Å². The Morgan fingerprint density at radius 3 is 2.42 bits per heavy atom. The summed E-state index contributed by atoms with van der Waals surface area (Å²) in [5.74, 6) is 0.983. The van der Waals surface area contributed by atoms with Gasteiger partial charge in [0.25, 0.3) is 0 Å². The molecular formula is C30H42O3. The minimum absolute atomic E-state index is 0.0222. The summed E-state index contributed by atoms with van der Waals surface area (Å²) >= 11 is 0. The highest BCUT2D eigenvalue weighted by molar-refractivity contribution is 5.83. The Morgan fingerprint density at radius 1 is 0.939 bits per heavy atom. The number of carbonyl (C=O) groups is 1. The lowest BCUT2D eigenvalue weighted by Gasteiger charge is -2.41. The fourth-order valence-corrected chi connectivity index (χ4v) is 7.72. The minimum Gasteiger partial charge on any atom is -0.461 e. The third-order valence-electron chi connectivity index (χ3n) is 9.32. The van der Waals surface area contributed by atoms with Gasteiger partial charge in [-0.3, -0.25) is 4.79 Å². The first-order chi connectivity index (χ1) is 15.8. The second kappa shape index (κ2) is 8.56. The molecule has 0 unspecified atom stereocenters. The van der Waals surface area contributed by atoms with Crippen molar-refractivity contribution in [1.82, 2.24) is 0 Å². The third-order valence-corrected chi connectivity index (χ3v) is 9.32. The SMILES string of the molecule is C/C1=C/CC[C@]23C(=O)O[C@H]([C@@H](C(C)C)CC1)[C@H]2[C@]12C=C(CC/C=C(\C)CC/C=C(\C)C1)[C@@H]3O2.